The van der Waals surface area contributed by atoms with Gasteiger partial charge in [0.25, 0.3) is 10.0 Å². The first-order valence-electron chi connectivity index (χ1n) is 16.2. The number of hydrogen-bond donors (Lipinski definition) is 4. The van der Waals surface area contributed by atoms with Crippen LogP contribution in [0.5, 0.6) is 5.75 Å². The highest BCUT2D eigenvalue weighted by Gasteiger charge is 2.36. The molecule has 260 valence electrons. The van der Waals surface area contributed by atoms with Crippen LogP contribution in [0.4, 0.5) is 4.79 Å². The van der Waals surface area contributed by atoms with Crippen molar-refractivity contribution in [2.75, 3.05) is 6.54 Å². The molecule has 1 saturated carbocycles. The van der Waals surface area contributed by atoms with E-state index in [1.54, 1.807) is 45.0 Å². The number of guanidine groups is 1. The minimum atomic E-state index is -4.27. The summed E-state index contributed by atoms with van der Waals surface area (Å²) in [5.74, 6) is -1.57. The second-order valence-electron chi connectivity index (χ2n) is 13.1. The highest BCUT2D eigenvalue weighted by atomic mass is 32.2. The first-order valence-corrected chi connectivity index (χ1v) is 17.7. The summed E-state index contributed by atoms with van der Waals surface area (Å²) >= 11 is 0. The van der Waals surface area contributed by atoms with Crippen molar-refractivity contribution >= 4 is 28.0 Å². The Morgan fingerprint density at radius 2 is 1.77 bits per heavy atom. The van der Waals surface area contributed by atoms with Crippen LogP contribution in [0.1, 0.15) is 93.0 Å². The summed E-state index contributed by atoms with van der Waals surface area (Å²) in [5, 5.41) is 21.9. The maximum Gasteiger partial charge on any atom is 0.407 e. The second kappa shape index (κ2) is 16.3. The molecule has 0 radical (unpaired) electrons. The fourth-order valence-electron chi connectivity index (χ4n) is 6.00. The number of alkyl carbamates (subject to hydrolysis) is 1. The van der Waals surface area contributed by atoms with E-state index in [-0.39, 0.29) is 36.5 Å². The van der Waals surface area contributed by atoms with Crippen molar-refractivity contribution in [1.29, 1.82) is 5.41 Å². The number of carbonyl (C=O) groups is 2. The summed E-state index contributed by atoms with van der Waals surface area (Å²) in [7, 11) is -4.27. The van der Waals surface area contributed by atoms with Crippen LogP contribution >= 0.6 is 0 Å². The Balaban J connectivity index is 0.000000756. The van der Waals surface area contributed by atoms with Gasteiger partial charge in [0.1, 0.15) is 18.0 Å². The lowest BCUT2D eigenvalue weighted by molar-refractivity contribution is -0.425. The summed E-state index contributed by atoms with van der Waals surface area (Å²) in [4.78, 5) is 23.9. The topological polar surface area (TPSA) is 203 Å². The van der Waals surface area contributed by atoms with Crippen molar-refractivity contribution in [3.05, 3.63) is 58.1 Å². The molecule has 0 aromatic heterocycles. The molecule has 12 nitrogen and oxygen atoms in total. The quantitative estimate of drug-likeness (QED) is 0.218. The number of ether oxygens (including phenoxy) is 2. The monoisotopic (exact) mass is 673 g/mol. The van der Waals surface area contributed by atoms with Crippen molar-refractivity contribution < 1.29 is 38.3 Å². The third-order valence-corrected chi connectivity index (χ3v) is 10.9. The molecule has 1 aliphatic heterocycles. The number of benzene rings is 2. The average Bonchev–Trinajstić information content (AvgIpc) is 3.00. The Labute approximate surface area is 278 Å². The van der Waals surface area contributed by atoms with Crippen LogP contribution in [0.15, 0.2) is 35.2 Å². The molecule has 1 amide bonds. The lowest BCUT2D eigenvalue weighted by atomic mass is 9.88. The standard InChI is InChI=1S/C28H38N4O7S.C6H13N/c1-17-18(2)24(19(3)21-13-14-28(4,5)39-23(17)21)40(36,37)32(26(29)30)15-9-12-22(25(33)34)31-27(35)38-16-20-10-7-6-8-11-20;7-6-4-2-1-3-5-6/h6-8,10-11,22H,9,12-16H2,1-5H3,(H3,29,30)(H,31,35)(H,33,34);6H,1-5,7H2/t22-;/m0./s1. The van der Waals surface area contributed by atoms with E-state index in [1.807, 2.05) is 19.9 Å². The molecule has 0 unspecified atom stereocenters. The number of nitrogens with one attached hydrogen (secondary N) is 2. The number of hydrogen-bond acceptors (Lipinski definition) is 8. The molecule has 1 atom stereocenters. The van der Waals surface area contributed by atoms with Gasteiger partial charge >= 0.3 is 6.09 Å². The molecule has 1 heterocycles. The zero-order valence-corrected chi connectivity index (χ0v) is 29.1. The largest absolute Gasteiger partial charge is 0.548 e. The van der Waals surface area contributed by atoms with Gasteiger partial charge in [-0.2, -0.15) is 0 Å². The average molecular weight is 674 g/mol. The SMILES string of the molecule is Cc1c(C)c(S(=O)(=O)N(CCC[C@H](NC(=O)OCc2ccccc2)C(=O)[O-])C(=N)N)c(C)c2c1OC(C)(C)CC2.[NH3+]C1CCCCC1. The lowest BCUT2D eigenvalue weighted by Gasteiger charge is -2.36. The number of aliphatic carboxylic acids is 1. The van der Waals surface area contributed by atoms with Crippen LogP contribution in [0, 0.1) is 26.2 Å². The normalized spacial score (nSPS) is 16.4. The summed E-state index contributed by atoms with van der Waals surface area (Å²) in [5.41, 5.74) is 12.6. The van der Waals surface area contributed by atoms with Gasteiger partial charge in [0.15, 0.2) is 0 Å². The number of nitrogens with zero attached hydrogens (tertiary/aromatic N) is 1. The molecule has 13 heteroatoms. The minimum Gasteiger partial charge on any atom is -0.548 e. The van der Waals surface area contributed by atoms with Gasteiger partial charge in [-0.1, -0.05) is 36.8 Å². The van der Waals surface area contributed by atoms with E-state index >= 15 is 0 Å². The Morgan fingerprint density at radius 3 is 2.32 bits per heavy atom. The fraction of sp³-hybridized carbons (Fsp3) is 0.559. The Hall–Kier alpha value is -3.84. The number of carboxylic acid groups (broad SMARTS) is 1. The van der Waals surface area contributed by atoms with Crippen molar-refractivity contribution in [3.63, 3.8) is 0 Å². The van der Waals surface area contributed by atoms with Gasteiger partial charge in [-0.3, -0.25) is 5.41 Å². The molecule has 1 fully saturated rings. The van der Waals surface area contributed by atoms with E-state index in [2.05, 4.69) is 11.1 Å². The van der Waals surface area contributed by atoms with E-state index in [9.17, 15) is 23.1 Å². The maximum absolute atomic E-state index is 13.8. The highest BCUT2D eigenvalue weighted by Crippen LogP contribution is 2.42. The summed E-state index contributed by atoms with van der Waals surface area (Å²) < 4.78 is 39.7. The molecule has 4 rings (SSSR count). The second-order valence-corrected chi connectivity index (χ2v) is 14.9. The number of carboxylic acids is 1. The van der Waals surface area contributed by atoms with Gasteiger partial charge in [-0.15, -0.1) is 0 Å². The van der Waals surface area contributed by atoms with Crippen molar-refractivity contribution in [3.8, 4) is 5.75 Å². The Morgan fingerprint density at radius 1 is 1.13 bits per heavy atom. The van der Waals surface area contributed by atoms with Crippen LogP contribution in [0.25, 0.3) is 0 Å². The van der Waals surface area contributed by atoms with Crippen LogP contribution in [-0.2, 0) is 32.6 Å². The van der Waals surface area contributed by atoms with E-state index in [0.29, 0.717) is 35.3 Å². The van der Waals surface area contributed by atoms with Crippen LogP contribution in [-0.4, -0.2) is 55.0 Å². The summed E-state index contributed by atoms with van der Waals surface area (Å²) in [6, 6.07) is 8.22. The van der Waals surface area contributed by atoms with Gasteiger partial charge in [0, 0.05) is 6.54 Å². The molecule has 2 aromatic carbocycles. The van der Waals surface area contributed by atoms with Crippen molar-refractivity contribution in [1.82, 2.24) is 9.62 Å². The maximum atomic E-state index is 13.8. The zero-order valence-electron chi connectivity index (χ0n) is 28.3. The zero-order chi connectivity index (χ0) is 34.9. The van der Waals surface area contributed by atoms with Crippen LogP contribution in [0.2, 0.25) is 0 Å². The molecule has 47 heavy (non-hydrogen) atoms. The predicted octanol–water partition coefficient (Wildman–Crippen LogP) is 2.99. The number of carbonyl (C=O) groups excluding carboxylic acids is 2. The van der Waals surface area contributed by atoms with Gasteiger partial charge in [0.2, 0.25) is 5.96 Å². The molecule has 0 saturated heterocycles. The molecule has 0 spiro atoms. The number of quaternary nitrogens is 1. The Kier molecular flexibility index (Phi) is 13.1. The predicted molar refractivity (Wildman–Crippen MR) is 177 cm³/mol. The molecule has 2 aromatic rings. The highest BCUT2D eigenvalue weighted by molar-refractivity contribution is 7.89. The number of amides is 1. The number of rotatable bonds is 10. The van der Waals surface area contributed by atoms with E-state index in [1.165, 1.54) is 32.1 Å². The van der Waals surface area contributed by atoms with Gasteiger partial charge in [0.05, 0.1) is 22.9 Å². The third kappa shape index (κ3) is 10.1. The third-order valence-electron chi connectivity index (χ3n) is 8.85. The van der Waals surface area contributed by atoms with Gasteiger partial charge in [-0.05, 0) is 114 Å². The van der Waals surface area contributed by atoms with Crippen molar-refractivity contribution in [2.45, 2.75) is 122 Å². The smallest absolute Gasteiger partial charge is 0.407 e. The number of fused-ring (bicyclic) bond motifs is 1. The van der Waals surface area contributed by atoms with E-state index in [0.717, 1.165) is 21.5 Å². The van der Waals surface area contributed by atoms with Gasteiger partial charge in [-0.25, -0.2) is 17.5 Å². The van der Waals surface area contributed by atoms with Crippen LogP contribution in [0.3, 0.4) is 0 Å². The molecular formula is C34H51N5O7S. The molecule has 7 N–H and O–H groups in total. The van der Waals surface area contributed by atoms with Gasteiger partial charge < -0.3 is 36.2 Å². The molecule has 0 bridgehead atoms. The Bertz CT molecular complexity index is 1520. The summed E-state index contributed by atoms with van der Waals surface area (Å²) in [6.07, 6.45) is 7.24. The molecule has 1 aliphatic carbocycles. The number of nitrogens with two attached hydrogens (primary N) is 1. The minimum absolute atomic E-state index is 0.0320. The molecule has 2 aliphatic rings. The molecular weight excluding hydrogens is 622 g/mol. The first kappa shape index (κ1) is 37.6. The van der Waals surface area contributed by atoms with E-state index in [4.69, 9.17) is 20.6 Å². The van der Waals surface area contributed by atoms with Crippen molar-refractivity contribution in [2.24, 2.45) is 5.73 Å². The summed E-state index contributed by atoms with van der Waals surface area (Å²) in [6.45, 7) is 8.86. The lowest BCUT2D eigenvalue weighted by Crippen LogP contribution is -2.61. The van der Waals surface area contributed by atoms with E-state index < -0.39 is 34.1 Å². The fourth-order valence-corrected chi connectivity index (χ4v) is 7.90. The first-order chi connectivity index (χ1) is 22.0. The van der Waals surface area contributed by atoms with Crippen LogP contribution < -0.4 is 26.6 Å². The number of sulfonamides is 1.